The van der Waals surface area contributed by atoms with Gasteiger partial charge in [0.15, 0.2) is 5.13 Å². The van der Waals surface area contributed by atoms with Gasteiger partial charge in [-0.05, 0) is 12.8 Å². The van der Waals surface area contributed by atoms with Crippen molar-refractivity contribution in [1.29, 1.82) is 0 Å². The molecular formula is C8H12N2OS. The SMILES string of the molecule is Nc1nc(CC2CCCO2)cs1. The highest BCUT2D eigenvalue weighted by Crippen LogP contribution is 2.19. The molecule has 3 nitrogen and oxygen atoms in total. The molecule has 0 saturated carbocycles. The zero-order chi connectivity index (χ0) is 8.39. The minimum Gasteiger partial charge on any atom is -0.378 e. The average Bonchev–Trinajstić information content (AvgIpc) is 2.63. The van der Waals surface area contributed by atoms with E-state index in [0.29, 0.717) is 11.2 Å². The first kappa shape index (κ1) is 8.01. The van der Waals surface area contributed by atoms with Crippen LogP contribution in [-0.4, -0.2) is 17.7 Å². The van der Waals surface area contributed by atoms with E-state index in [1.54, 1.807) is 0 Å². The van der Waals surface area contributed by atoms with Gasteiger partial charge in [0.25, 0.3) is 0 Å². The van der Waals surface area contributed by atoms with Crippen molar-refractivity contribution < 1.29 is 4.74 Å². The van der Waals surface area contributed by atoms with Crippen LogP contribution in [0.2, 0.25) is 0 Å². The molecule has 2 N–H and O–H groups in total. The van der Waals surface area contributed by atoms with Crippen LogP contribution in [-0.2, 0) is 11.2 Å². The van der Waals surface area contributed by atoms with E-state index in [1.807, 2.05) is 5.38 Å². The average molecular weight is 184 g/mol. The third-order valence-corrected chi connectivity index (χ3v) is 2.75. The molecule has 1 aliphatic rings. The van der Waals surface area contributed by atoms with E-state index in [0.717, 1.165) is 25.1 Å². The van der Waals surface area contributed by atoms with Crippen LogP contribution in [0.15, 0.2) is 5.38 Å². The van der Waals surface area contributed by atoms with Crippen LogP contribution in [0.25, 0.3) is 0 Å². The lowest BCUT2D eigenvalue weighted by Crippen LogP contribution is -2.08. The van der Waals surface area contributed by atoms with Gasteiger partial charge < -0.3 is 10.5 Å². The van der Waals surface area contributed by atoms with Crippen LogP contribution in [0.5, 0.6) is 0 Å². The van der Waals surface area contributed by atoms with Crippen molar-refractivity contribution in [3.8, 4) is 0 Å². The number of hydrogen-bond acceptors (Lipinski definition) is 4. The first-order chi connectivity index (χ1) is 5.84. The summed E-state index contributed by atoms with van der Waals surface area (Å²) in [6, 6.07) is 0. The van der Waals surface area contributed by atoms with Gasteiger partial charge in [-0.1, -0.05) is 0 Å². The molecule has 66 valence electrons. The number of thiazole rings is 1. The largest absolute Gasteiger partial charge is 0.378 e. The highest BCUT2D eigenvalue weighted by atomic mass is 32.1. The van der Waals surface area contributed by atoms with Crippen LogP contribution >= 0.6 is 11.3 Å². The maximum atomic E-state index is 5.52. The predicted molar refractivity (Wildman–Crippen MR) is 49.2 cm³/mol. The summed E-state index contributed by atoms with van der Waals surface area (Å²) in [7, 11) is 0. The Morgan fingerprint density at radius 1 is 1.75 bits per heavy atom. The van der Waals surface area contributed by atoms with Gasteiger partial charge in [0.1, 0.15) is 0 Å². The van der Waals surface area contributed by atoms with E-state index in [2.05, 4.69) is 4.98 Å². The van der Waals surface area contributed by atoms with Crippen molar-refractivity contribution in [2.24, 2.45) is 0 Å². The van der Waals surface area contributed by atoms with Crippen LogP contribution in [0.1, 0.15) is 18.5 Å². The monoisotopic (exact) mass is 184 g/mol. The molecule has 1 aliphatic heterocycles. The first-order valence-corrected chi connectivity index (χ1v) is 5.04. The standard InChI is InChI=1S/C8H12N2OS/c9-8-10-6(5-12-8)4-7-2-1-3-11-7/h5,7H,1-4H2,(H2,9,10). The number of anilines is 1. The number of nitrogen functional groups attached to an aromatic ring is 1. The Morgan fingerprint density at radius 3 is 3.25 bits per heavy atom. The molecule has 12 heavy (non-hydrogen) atoms. The lowest BCUT2D eigenvalue weighted by Gasteiger charge is -2.05. The third kappa shape index (κ3) is 1.76. The van der Waals surface area contributed by atoms with Gasteiger partial charge in [0.05, 0.1) is 11.8 Å². The Hall–Kier alpha value is -0.610. The summed E-state index contributed by atoms with van der Waals surface area (Å²) in [5.74, 6) is 0. The van der Waals surface area contributed by atoms with Gasteiger partial charge in [-0.15, -0.1) is 11.3 Å². The molecule has 1 saturated heterocycles. The maximum absolute atomic E-state index is 5.52. The highest BCUT2D eigenvalue weighted by molar-refractivity contribution is 7.13. The van der Waals surface area contributed by atoms with Gasteiger partial charge >= 0.3 is 0 Å². The van der Waals surface area contributed by atoms with Crippen molar-refractivity contribution in [3.05, 3.63) is 11.1 Å². The van der Waals surface area contributed by atoms with E-state index in [1.165, 1.54) is 17.8 Å². The number of rotatable bonds is 2. The summed E-state index contributed by atoms with van der Waals surface area (Å²) in [6.07, 6.45) is 3.65. The molecule has 0 bridgehead atoms. The van der Waals surface area contributed by atoms with E-state index >= 15 is 0 Å². The molecule has 1 atom stereocenters. The normalized spacial score (nSPS) is 23.2. The second kappa shape index (κ2) is 3.41. The summed E-state index contributed by atoms with van der Waals surface area (Å²) in [5.41, 5.74) is 6.59. The molecule has 0 aromatic carbocycles. The minimum absolute atomic E-state index is 0.381. The van der Waals surface area contributed by atoms with E-state index in [-0.39, 0.29) is 0 Å². The Kier molecular flexibility index (Phi) is 2.28. The van der Waals surface area contributed by atoms with Gasteiger partial charge in [-0.3, -0.25) is 0 Å². The zero-order valence-electron chi connectivity index (χ0n) is 6.82. The van der Waals surface area contributed by atoms with Crippen molar-refractivity contribution in [1.82, 2.24) is 4.98 Å². The molecule has 1 fully saturated rings. The Balaban J connectivity index is 1.94. The fraction of sp³-hybridized carbons (Fsp3) is 0.625. The highest BCUT2D eigenvalue weighted by Gasteiger charge is 2.16. The summed E-state index contributed by atoms with van der Waals surface area (Å²) in [6.45, 7) is 0.907. The molecule has 0 aliphatic carbocycles. The van der Waals surface area contributed by atoms with Crippen LogP contribution in [0, 0.1) is 0 Å². The van der Waals surface area contributed by atoms with Crippen LogP contribution in [0.4, 0.5) is 5.13 Å². The van der Waals surface area contributed by atoms with Crippen molar-refractivity contribution >= 4 is 16.5 Å². The van der Waals surface area contributed by atoms with E-state index in [4.69, 9.17) is 10.5 Å². The van der Waals surface area contributed by atoms with Gasteiger partial charge in [0, 0.05) is 18.4 Å². The molecule has 0 radical (unpaired) electrons. The molecule has 1 unspecified atom stereocenters. The maximum Gasteiger partial charge on any atom is 0.180 e. The fourth-order valence-electron chi connectivity index (χ4n) is 1.45. The molecule has 2 heterocycles. The molecule has 0 amide bonds. The van der Waals surface area contributed by atoms with E-state index in [9.17, 15) is 0 Å². The van der Waals surface area contributed by atoms with Gasteiger partial charge in [0.2, 0.25) is 0 Å². The molecule has 1 aromatic rings. The smallest absolute Gasteiger partial charge is 0.180 e. The summed E-state index contributed by atoms with van der Waals surface area (Å²) in [5, 5.41) is 2.67. The second-order valence-electron chi connectivity index (χ2n) is 3.02. The number of aromatic nitrogens is 1. The van der Waals surface area contributed by atoms with E-state index < -0.39 is 0 Å². The molecule has 0 spiro atoms. The number of hydrogen-bond donors (Lipinski definition) is 1. The van der Waals surface area contributed by atoms with Crippen molar-refractivity contribution in [2.75, 3.05) is 12.3 Å². The lowest BCUT2D eigenvalue weighted by atomic mass is 10.1. The minimum atomic E-state index is 0.381. The zero-order valence-corrected chi connectivity index (χ0v) is 7.64. The van der Waals surface area contributed by atoms with Gasteiger partial charge in [-0.25, -0.2) is 4.98 Å². The Morgan fingerprint density at radius 2 is 2.67 bits per heavy atom. The summed E-state index contributed by atoms with van der Waals surface area (Å²) >= 11 is 1.50. The topological polar surface area (TPSA) is 48.1 Å². The number of nitrogens with zero attached hydrogens (tertiary/aromatic N) is 1. The molecule has 4 heteroatoms. The lowest BCUT2D eigenvalue weighted by molar-refractivity contribution is 0.111. The molecule has 2 rings (SSSR count). The Labute approximate surface area is 75.6 Å². The van der Waals surface area contributed by atoms with Crippen molar-refractivity contribution in [3.63, 3.8) is 0 Å². The van der Waals surface area contributed by atoms with Crippen LogP contribution in [0.3, 0.4) is 0 Å². The van der Waals surface area contributed by atoms with Crippen LogP contribution < -0.4 is 5.73 Å². The summed E-state index contributed by atoms with van der Waals surface area (Å²) < 4.78 is 5.49. The quantitative estimate of drug-likeness (QED) is 0.756. The third-order valence-electron chi connectivity index (χ3n) is 2.03. The first-order valence-electron chi connectivity index (χ1n) is 4.16. The molecule has 1 aromatic heterocycles. The molecular weight excluding hydrogens is 172 g/mol. The van der Waals surface area contributed by atoms with Gasteiger partial charge in [-0.2, -0.15) is 0 Å². The fourth-order valence-corrected chi connectivity index (χ4v) is 2.03. The predicted octanol–water partition coefficient (Wildman–Crippen LogP) is 1.45. The second-order valence-corrected chi connectivity index (χ2v) is 3.91. The number of ether oxygens (including phenoxy) is 1. The number of nitrogens with two attached hydrogens (primary N) is 1. The Bertz CT molecular complexity index is 255. The summed E-state index contributed by atoms with van der Waals surface area (Å²) in [4.78, 5) is 4.19. The van der Waals surface area contributed by atoms with Crippen molar-refractivity contribution in [2.45, 2.75) is 25.4 Å².